The third kappa shape index (κ3) is 4.01. The summed E-state index contributed by atoms with van der Waals surface area (Å²) < 4.78 is 49.4. The molecule has 1 aliphatic heterocycles. The maximum Gasteiger partial charge on any atom is 0.395 e. The van der Waals surface area contributed by atoms with Gasteiger partial charge in [0, 0.05) is 18.7 Å². The fraction of sp³-hybridized carbons (Fsp3) is 0.417. The molecule has 2 unspecified atom stereocenters. The average Bonchev–Trinajstić information content (AvgIpc) is 3.44. The monoisotopic (exact) mass is 470 g/mol. The number of halogens is 3. The van der Waals surface area contributed by atoms with E-state index in [4.69, 9.17) is 9.72 Å². The van der Waals surface area contributed by atoms with Gasteiger partial charge in [0.15, 0.2) is 5.82 Å². The molecule has 0 saturated carbocycles. The molecule has 0 amide bonds. The molecule has 1 aliphatic carbocycles. The number of pyridine rings is 1. The quantitative estimate of drug-likeness (QED) is 0.526. The second-order valence-corrected chi connectivity index (χ2v) is 8.75. The summed E-state index contributed by atoms with van der Waals surface area (Å²) in [5, 5.41) is 4.64. The van der Waals surface area contributed by atoms with Gasteiger partial charge in [-0.05, 0) is 50.8 Å². The molecule has 3 aromatic heterocycles. The van der Waals surface area contributed by atoms with Crippen molar-refractivity contribution in [1.29, 1.82) is 0 Å². The van der Waals surface area contributed by atoms with E-state index in [0.29, 0.717) is 35.3 Å². The minimum absolute atomic E-state index is 0.0179. The first-order valence-corrected chi connectivity index (χ1v) is 11.2. The van der Waals surface area contributed by atoms with Gasteiger partial charge in [-0.2, -0.15) is 13.2 Å². The Morgan fingerprint density at radius 1 is 1.15 bits per heavy atom. The van der Waals surface area contributed by atoms with Gasteiger partial charge in [0.05, 0.1) is 25.0 Å². The van der Waals surface area contributed by atoms with Gasteiger partial charge in [0.1, 0.15) is 17.2 Å². The van der Waals surface area contributed by atoms with E-state index in [1.807, 2.05) is 36.7 Å². The van der Waals surface area contributed by atoms with E-state index in [0.717, 1.165) is 29.8 Å². The van der Waals surface area contributed by atoms with Gasteiger partial charge in [0.25, 0.3) is 0 Å². The first-order valence-electron chi connectivity index (χ1n) is 11.2. The van der Waals surface area contributed by atoms with Crippen molar-refractivity contribution in [3.05, 3.63) is 59.5 Å². The third-order valence-electron chi connectivity index (χ3n) is 6.44. The predicted octanol–water partition coefficient (Wildman–Crippen LogP) is 5.18. The lowest BCUT2D eigenvalue weighted by atomic mass is 9.80. The molecule has 0 aromatic carbocycles. The SMILES string of the molecule is COc1nc(-c2nc3n(n2)CCCC3C2=CC(C(F)(F)F)CC=C2C)ccc1-n1cnc(C)c1. The van der Waals surface area contributed by atoms with Crippen molar-refractivity contribution in [1.82, 2.24) is 29.3 Å². The minimum Gasteiger partial charge on any atom is -0.479 e. The molecule has 3 aromatic rings. The van der Waals surface area contributed by atoms with Crippen molar-refractivity contribution in [3.8, 4) is 23.1 Å². The van der Waals surface area contributed by atoms with Gasteiger partial charge >= 0.3 is 6.18 Å². The lowest BCUT2D eigenvalue weighted by molar-refractivity contribution is -0.160. The number of alkyl halides is 3. The lowest BCUT2D eigenvalue weighted by Gasteiger charge is -2.29. The van der Waals surface area contributed by atoms with E-state index < -0.39 is 12.1 Å². The topological polar surface area (TPSA) is 70.7 Å². The average molecular weight is 470 g/mol. The van der Waals surface area contributed by atoms with Crippen LogP contribution in [0.3, 0.4) is 0 Å². The number of ether oxygens (including phenoxy) is 1. The van der Waals surface area contributed by atoms with Gasteiger partial charge in [-0.25, -0.2) is 19.6 Å². The van der Waals surface area contributed by atoms with Crippen molar-refractivity contribution < 1.29 is 17.9 Å². The Kier molecular flexibility index (Phi) is 5.53. The number of hydrogen-bond acceptors (Lipinski definition) is 5. The highest BCUT2D eigenvalue weighted by Gasteiger charge is 2.40. The number of aromatic nitrogens is 6. The Morgan fingerprint density at radius 2 is 1.97 bits per heavy atom. The molecular weight excluding hydrogens is 445 g/mol. The van der Waals surface area contributed by atoms with Gasteiger partial charge in [0.2, 0.25) is 5.88 Å². The van der Waals surface area contributed by atoms with Crippen LogP contribution in [-0.4, -0.2) is 42.6 Å². The summed E-state index contributed by atoms with van der Waals surface area (Å²) in [5.74, 6) is -0.182. The van der Waals surface area contributed by atoms with E-state index in [1.54, 1.807) is 24.2 Å². The number of fused-ring (bicyclic) bond motifs is 1. The zero-order chi connectivity index (χ0) is 24.0. The molecule has 178 valence electrons. The summed E-state index contributed by atoms with van der Waals surface area (Å²) >= 11 is 0. The van der Waals surface area contributed by atoms with Gasteiger partial charge < -0.3 is 9.30 Å². The van der Waals surface area contributed by atoms with Crippen LogP contribution in [0.2, 0.25) is 0 Å². The lowest BCUT2D eigenvalue weighted by Crippen LogP contribution is -2.25. The normalized spacial score (nSPS) is 20.5. The Labute approximate surface area is 195 Å². The van der Waals surface area contributed by atoms with Crippen LogP contribution in [0.1, 0.15) is 43.6 Å². The zero-order valence-corrected chi connectivity index (χ0v) is 19.2. The van der Waals surface area contributed by atoms with Crippen LogP contribution in [-0.2, 0) is 6.54 Å². The van der Waals surface area contributed by atoms with Gasteiger partial charge in [-0.15, -0.1) is 5.10 Å². The summed E-state index contributed by atoms with van der Waals surface area (Å²) in [6, 6.07) is 3.68. The summed E-state index contributed by atoms with van der Waals surface area (Å²) in [6.07, 6.45) is 3.91. The summed E-state index contributed by atoms with van der Waals surface area (Å²) in [7, 11) is 1.54. The number of nitrogens with zero attached hydrogens (tertiary/aromatic N) is 6. The van der Waals surface area contributed by atoms with Gasteiger partial charge in [-0.1, -0.05) is 17.7 Å². The first-order chi connectivity index (χ1) is 16.2. The van der Waals surface area contributed by atoms with E-state index in [-0.39, 0.29) is 12.3 Å². The van der Waals surface area contributed by atoms with Crippen molar-refractivity contribution in [2.75, 3.05) is 7.11 Å². The molecule has 0 radical (unpaired) electrons. The molecule has 0 bridgehead atoms. The maximum atomic E-state index is 13.4. The summed E-state index contributed by atoms with van der Waals surface area (Å²) in [4.78, 5) is 13.6. The Bertz CT molecular complexity index is 1290. The molecule has 2 atom stereocenters. The molecule has 0 N–H and O–H groups in total. The number of allylic oxidation sites excluding steroid dienone is 4. The molecule has 4 heterocycles. The summed E-state index contributed by atoms with van der Waals surface area (Å²) in [6.45, 7) is 4.44. The molecule has 0 fully saturated rings. The van der Waals surface area contributed by atoms with E-state index in [9.17, 15) is 13.2 Å². The number of imidazole rings is 1. The molecule has 0 saturated heterocycles. The Hall–Kier alpha value is -3.43. The molecule has 0 spiro atoms. The number of methoxy groups -OCH3 is 1. The molecule has 34 heavy (non-hydrogen) atoms. The molecule has 2 aliphatic rings. The predicted molar refractivity (Wildman–Crippen MR) is 120 cm³/mol. The highest BCUT2D eigenvalue weighted by molar-refractivity contribution is 5.56. The van der Waals surface area contributed by atoms with Crippen LogP contribution in [0.15, 0.2) is 48.0 Å². The summed E-state index contributed by atoms with van der Waals surface area (Å²) in [5.41, 5.74) is 3.72. The van der Waals surface area contributed by atoms with Crippen molar-refractivity contribution >= 4 is 0 Å². The van der Waals surface area contributed by atoms with Crippen LogP contribution >= 0.6 is 0 Å². The van der Waals surface area contributed by atoms with Crippen LogP contribution in [0.5, 0.6) is 5.88 Å². The van der Waals surface area contributed by atoms with E-state index in [1.165, 1.54) is 6.08 Å². The van der Waals surface area contributed by atoms with Crippen molar-refractivity contribution in [3.63, 3.8) is 0 Å². The zero-order valence-electron chi connectivity index (χ0n) is 19.2. The highest BCUT2D eigenvalue weighted by atomic mass is 19.4. The number of rotatable bonds is 4. The molecule has 10 heteroatoms. The maximum absolute atomic E-state index is 13.4. The standard InChI is InChI=1S/C24H25F3N6O/c1-14-6-7-16(24(25,26)27)11-18(14)17-5-4-10-33-22(17)30-21(31-33)19-8-9-20(23(29-19)34-3)32-12-15(2)28-13-32/h6,8-9,11-13,16-17H,4-5,7,10H2,1-3H3. The first kappa shape index (κ1) is 22.4. The smallest absolute Gasteiger partial charge is 0.395 e. The number of hydrogen-bond donors (Lipinski definition) is 0. The van der Waals surface area contributed by atoms with Crippen LogP contribution < -0.4 is 4.74 Å². The highest BCUT2D eigenvalue weighted by Crippen LogP contribution is 2.43. The number of aryl methyl sites for hydroxylation is 2. The minimum atomic E-state index is -4.26. The van der Waals surface area contributed by atoms with E-state index >= 15 is 0 Å². The van der Waals surface area contributed by atoms with Crippen LogP contribution in [0.4, 0.5) is 13.2 Å². The fourth-order valence-electron chi connectivity index (χ4n) is 4.67. The Balaban J connectivity index is 1.51. The molecular formula is C24H25F3N6O. The van der Waals surface area contributed by atoms with Crippen molar-refractivity contribution in [2.45, 2.75) is 51.7 Å². The second kappa shape index (κ2) is 8.41. The molecule has 7 nitrogen and oxygen atoms in total. The Morgan fingerprint density at radius 3 is 2.68 bits per heavy atom. The van der Waals surface area contributed by atoms with Crippen molar-refractivity contribution in [2.24, 2.45) is 5.92 Å². The van der Waals surface area contributed by atoms with Crippen LogP contribution in [0.25, 0.3) is 17.2 Å². The van der Waals surface area contributed by atoms with Gasteiger partial charge in [-0.3, -0.25) is 0 Å². The van der Waals surface area contributed by atoms with E-state index in [2.05, 4.69) is 15.1 Å². The fourth-order valence-corrected chi connectivity index (χ4v) is 4.67. The largest absolute Gasteiger partial charge is 0.479 e. The molecule has 5 rings (SSSR count). The third-order valence-corrected chi connectivity index (χ3v) is 6.44. The second-order valence-electron chi connectivity index (χ2n) is 8.75. The van der Waals surface area contributed by atoms with Crippen LogP contribution in [0, 0.1) is 12.8 Å².